The Morgan fingerprint density at radius 3 is 2.60 bits per heavy atom. The number of nitrogens with one attached hydrogen (secondary N) is 1. The number of aliphatic hydroxyl groups is 1. The first kappa shape index (κ1) is 24.6. The molecule has 3 heterocycles. The molecule has 2 aliphatic heterocycles. The Morgan fingerprint density at radius 2 is 1.89 bits per heavy atom. The van der Waals surface area contributed by atoms with E-state index < -0.39 is 6.10 Å². The van der Waals surface area contributed by atoms with Gasteiger partial charge in [0, 0.05) is 62.0 Å². The Morgan fingerprint density at radius 1 is 1.17 bits per heavy atom. The summed E-state index contributed by atoms with van der Waals surface area (Å²) in [6.45, 7) is 7.04. The fraction of sp³-hybridized carbons (Fsp3) is 0.577. The molecule has 8 nitrogen and oxygen atoms in total. The van der Waals surface area contributed by atoms with Gasteiger partial charge in [-0.3, -0.25) is 4.79 Å². The third-order valence-corrected chi connectivity index (χ3v) is 8.10. The number of halogens is 1. The molecule has 0 saturated carbocycles. The highest BCUT2D eigenvalue weighted by atomic mass is 79.9. The summed E-state index contributed by atoms with van der Waals surface area (Å²) in [5, 5.41) is 14.0. The van der Waals surface area contributed by atoms with Crippen LogP contribution in [0.25, 0.3) is 0 Å². The number of piperazine rings is 1. The molecule has 3 aliphatic rings. The number of aromatic nitrogens is 2. The fourth-order valence-electron chi connectivity index (χ4n) is 5.54. The second-order valence-corrected chi connectivity index (χ2v) is 10.8. The summed E-state index contributed by atoms with van der Waals surface area (Å²) in [5.74, 6) is 1.09. The predicted molar refractivity (Wildman–Crippen MR) is 138 cm³/mol. The Hall–Kier alpha value is -2.07. The molecule has 35 heavy (non-hydrogen) atoms. The van der Waals surface area contributed by atoms with E-state index in [0.29, 0.717) is 32.1 Å². The van der Waals surface area contributed by atoms with Crippen LogP contribution in [-0.4, -0.2) is 77.9 Å². The zero-order valence-electron chi connectivity index (χ0n) is 20.2. The molecule has 0 radical (unpaired) electrons. The van der Waals surface area contributed by atoms with E-state index in [1.165, 1.54) is 0 Å². The minimum atomic E-state index is -0.514. The predicted octanol–water partition coefficient (Wildman–Crippen LogP) is 2.98. The number of carbonyl (C=O) groups is 1. The fourth-order valence-corrected chi connectivity index (χ4v) is 5.81. The molecule has 9 heteroatoms. The maximum absolute atomic E-state index is 13.8. The number of nitrogens with zero attached hydrogens (tertiary/aromatic N) is 4. The van der Waals surface area contributed by atoms with E-state index in [1.54, 1.807) is 6.33 Å². The Balaban J connectivity index is 1.27. The number of hydrogen-bond donors (Lipinski definition) is 2. The van der Waals surface area contributed by atoms with Gasteiger partial charge in [-0.1, -0.05) is 35.0 Å². The van der Waals surface area contributed by atoms with Crippen molar-refractivity contribution in [3.8, 4) is 0 Å². The SMILES string of the molecule is CC1C[C@H](O)c2ncnc(N3CCN(C(=O)[C@H](CNC4CCOCC4)c4ccc(Br)cc4)CC3)c21. The molecule has 1 amide bonds. The third-order valence-electron chi connectivity index (χ3n) is 7.57. The van der Waals surface area contributed by atoms with Gasteiger partial charge in [0.15, 0.2) is 0 Å². The molecule has 0 bridgehead atoms. The van der Waals surface area contributed by atoms with Crippen LogP contribution in [0, 0.1) is 0 Å². The molecular weight excluding hydrogens is 510 g/mol. The number of anilines is 1. The smallest absolute Gasteiger partial charge is 0.231 e. The number of carbonyl (C=O) groups excluding carboxylic acids is 1. The molecule has 2 fully saturated rings. The monoisotopic (exact) mass is 543 g/mol. The second kappa shape index (κ2) is 10.9. The van der Waals surface area contributed by atoms with Crippen molar-refractivity contribution < 1.29 is 14.6 Å². The van der Waals surface area contributed by atoms with Crippen LogP contribution in [0.2, 0.25) is 0 Å². The van der Waals surface area contributed by atoms with Crippen LogP contribution < -0.4 is 10.2 Å². The summed E-state index contributed by atoms with van der Waals surface area (Å²) in [6.07, 6.45) is 3.69. The molecule has 2 N–H and O–H groups in total. The lowest BCUT2D eigenvalue weighted by molar-refractivity contribution is -0.133. The summed E-state index contributed by atoms with van der Waals surface area (Å²) in [5.41, 5.74) is 2.86. The molecule has 2 saturated heterocycles. The van der Waals surface area contributed by atoms with Crippen molar-refractivity contribution in [3.05, 3.63) is 51.9 Å². The summed E-state index contributed by atoms with van der Waals surface area (Å²) < 4.78 is 6.50. The number of benzene rings is 1. The first-order valence-corrected chi connectivity index (χ1v) is 13.4. The lowest BCUT2D eigenvalue weighted by Gasteiger charge is -2.38. The van der Waals surface area contributed by atoms with E-state index in [-0.39, 0.29) is 17.7 Å². The van der Waals surface area contributed by atoms with Crippen LogP contribution >= 0.6 is 15.9 Å². The largest absolute Gasteiger partial charge is 0.387 e. The van der Waals surface area contributed by atoms with Gasteiger partial charge in [0.1, 0.15) is 12.1 Å². The highest BCUT2D eigenvalue weighted by Gasteiger charge is 2.35. The zero-order valence-corrected chi connectivity index (χ0v) is 21.8. The van der Waals surface area contributed by atoms with E-state index >= 15 is 0 Å². The highest BCUT2D eigenvalue weighted by molar-refractivity contribution is 9.10. The van der Waals surface area contributed by atoms with Crippen molar-refractivity contribution in [2.75, 3.05) is 50.8 Å². The van der Waals surface area contributed by atoms with Gasteiger partial charge in [0.25, 0.3) is 0 Å². The van der Waals surface area contributed by atoms with Crippen molar-refractivity contribution in [2.45, 2.75) is 50.2 Å². The molecule has 1 unspecified atom stereocenters. The zero-order chi connectivity index (χ0) is 24.4. The van der Waals surface area contributed by atoms with Crippen molar-refractivity contribution in [1.82, 2.24) is 20.2 Å². The van der Waals surface area contributed by atoms with Crippen LogP contribution in [0.3, 0.4) is 0 Å². The summed E-state index contributed by atoms with van der Waals surface area (Å²) >= 11 is 3.51. The van der Waals surface area contributed by atoms with E-state index in [0.717, 1.165) is 66.3 Å². The summed E-state index contributed by atoms with van der Waals surface area (Å²) in [7, 11) is 0. The lowest BCUT2D eigenvalue weighted by Crippen LogP contribution is -2.51. The van der Waals surface area contributed by atoms with E-state index in [9.17, 15) is 9.90 Å². The number of aliphatic hydroxyl groups excluding tert-OH is 1. The van der Waals surface area contributed by atoms with Crippen LogP contribution in [0.15, 0.2) is 35.1 Å². The molecule has 0 spiro atoms. The molecule has 188 valence electrons. The minimum Gasteiger partial charge on any atom is -0.387 e. The Labute approximate surface area is 215 Å². The van der Waals surface area contributed by atoms with Gasteiger partial charge in [-0.25, -0.2) is 9.97 Å². The summed E-state index contributed by atoms with van der Waals surface area (Å²) in [4.78, 5) is 26.9. The quantitative estimate of drug-likeness (QED) is 0.578. The molecule has 5 rings (SSSR count). The molecule has 1 aliphatic carbocycles. The number of hydrogen-bond acceptors (Lipinski definition) is 7. The maximum atomic E-state index is 13.8. The van der Waals surface area contributed by atoms with Gasteiger partial charge in [-0.05, 0) is 42.9 Å². The van der Waals surface area contributed by atoms with Crippen LogP contribution in [0.4, 0.5) is 5.82 Å². The van der Waals surface area contributed by atoms with Crippen molar-refractivity contribution in [3.63, 3.8) is 0 Å². The molecule has 3 atom stereocenters. The van der Waals surface area contributed by atoms with Gasteiger partial charge >= 0.3 is 0 Å². The normalized spacial score (nSPS) is 23.9. The molecule has 2 aromatic rings. The van der Waals surface area contributed by atoms with E-state index in [4.69, 9.17) is 4.74 Å². The first-order valence-electron chi connectivity index (χ1n) is 12.6. The Kier molecular flexibility index (Phi) is 7.67. The number of amides is 1. The van der Waals surface area contributed by atoms with Gasteiger partial charge < -0.3 is 25.0 Å². The molecule has 1 aromatic heterocycles. The van der Waals surface area contributed by atoms with Crippen LogP contribution in [-0.2, 0) is 9.53 Å². The molecular formula is C26H34BrN5O3. The lowest BCUT2D eigenvalue weighted by atomic mass is 9.96. The van der Waals surface area contributed by atoms with Crippen molar-refractivity contribution in [1.29, 1.82) is 0 Å². The summed E-state index contributed by atoms with van der Waals surface area (Å²) in [6, 6.07) is 8.50. The third kappa shape index (κ3) is 5.38. The van der Waals surface area contributed by atoms with Crippen LogP contribution in [0.1, 0.15) is 60.9 Å². The number of fused-ring (bicyclic) bond motifs is 1. The highest BCUT2D eigenvalue weighted by Crippen LogP contribution is 2.42. The average molecular weight is 544 g/mol. The van der Waals surface area contributed by atoms with Gasteiger partial charge in [0.2, 0.25) is 5.91 Å². The van der Waals surface area contributed by atoms with Crippen molar-refractivity contribution in [2.24, 2.45) is 0 Å². The van der Waals surface area contributed by atoms with Crippen molar-refractivity contribution >= 4 is 27.7 Å². The van der Waals surface area contributed by atoms with Gasteiger partial charge in [-0.2, -0.15) is 0 Å². The number of rotatable bonds is 6. The van der Waals surface area contributed by atoms with E-state index in [1.807, 2.05) is 29.2 Å². The first-order chi connectivity index (χ1) is 17.0. The average Bonchev–Trinajstić information content (AvgIpc) is 3.19. The second-order valence-electron chi connectivity index (χ2n) is 9.86. The topological polar surface area (TPSA) is 90.8 Å². The van der Waals surface area contributed by atoms with Gasteiger partial charge in [-0.15, -0.1) is 0 Å². The minimum absolute atomic E-state index is 0.170. The van der Waals surface area contributed by atoms with E-state index in [2.05, 4.69) is 43.0 Å². The van der Waals surface area contributed by atoms with Crippen LogP contribution in [0.5, 0.6) is 0 Å². The standard InChI is InChI=1S/C26H34BrN5O3/c1-17-14-22(33)24-23(17)25(30-16-29-24)31-8-10-32(11-9-31)26(34)21(18-2-4-19(27)5-3-18)15-28-20-6-12-35-13-7-20/h2-5,16-17,20-22,28,33H,6-15H2,1H3/t17?,21-,22+/m1/s1. The maximum Gasteiger partial charge on any atom is 0.231 e. The Bertz CT molecular complexity index is 1020. The van der Waals surface area contributed by atoms with Gasteiger partial charge in [0.05, 0.1) is 17.7 Å². The molecule has 1 aromatic carbocycles. The number of ether oxygens (including phenoxy) is 1.